The van der Waals surface area contributed by atoms with Gasteiger partial charge in [0, 0.05) is 4.90 Å². The fraction of sp³-hybridized carbons (Fsp3) is 0.111. The molecule has 0 bridgehead atoms. The third kappa shape index (κ3) is 3.68. The summed E-state index contributed by atoms with van der Waals surface area (Å²) in [5, 5.41) is 9.68. The molecule has 0 spiro atoms. The molecule has 1 fully saturated rings. The first-order valence-electron chi connectivity index (χ1n) is 7.32. The van der Waals surface area contributed by atoms with Crippen LogP contribution in [0.1, 0.15) is 5.56 Å². The summed E-state index contributed by atoms with van der Waals surface area (Å²) in [6, 6.07) is 12.7. The molecule has 1 amide bonds. The third-order valence-corrected chi connectivity index (χ3v) is 5.63. The van der Waals surface area contributed by atoms with Crippen LogP contribution in [0.5, 0.6) is 11.5 Å². The number of hydrogen-bond donors (Lipinski definition) is 1. The number of methoxy groups -OCH3 is 1. The normalized spacial score (nSPS) is 15.9. The van der Waals surface area contributed by atoms with E-state index < -0.39 is 0 Å². The minimum atomic E-state index is -0.153. The molecule has 1 N–H and O–H groups in total. The van der Waals surface area contributed by atoms with Gasteiger partial charge in [-0.15, -0.1) is 11.8 Å². The molecule has 1 heterocycles. The SMILES string of the molecule is COc1cc(/C=C2/SC(=S)N(c3cccc(SC)c3)C2=O)ccc1O. The lowest BCUT2D eigenvalue weighted by molar-refractivity contribution is -0.113. The second-order valence-corrected chi connectivity index (χ2v) is 7.71. The van der Waals surface area contributed by atoms with E-state index in [1.54, 1.807) is 34.9 Å². The highest BCUT2D eigenvalue weighted by Gasteiger charge is 2.33. The molecule has 0 unspecified atom stereocenters. The van der Waals surface area contributed by atoms with E-state index in [4.69, 9.17) is 17.0 Å². The number of nitrogens with zero attached hydrogens (tertiary/aromatic N) is 1. The van der Waals surface area contributed by atoms with Gasteiger partial charge in [0.1, 0.15) is 0 Å². The van der Waals surface area contributed by atoms with E-state index in [0.717, 1.165) is 16.1 Å². The minimum absolute atomic E-state index is 0.0566. The number of aromatic hydroxyl groups is 1. The molecule has 2 aromatic carbocycles. The van der Waals surface area contributed by atoms with Crippen molar-refractivity contribution in [2.45, 2.75) is 4.90 Å². The fourth-order valence-corrected chi connectivity index (χ4v) is 4.13. The molecule has 2 aromatic rings. The molecule has 0 atom stereocenters. The number of benzene rings is 2. The predicted octanol–water partition coefficient (Wildman–Crippen LogP) is 4.53. The van der Waals surface area contributed by atoms with Crippen LogP contribution in [0.4, 0.5) is 5.69 Å². The van der Waals surface area contributed by atoms with Crippen LogP contribution in [0, 0.1) is 0 Å². The topological polar surface area (TPSA) is 49.8 Å². The van der Waals surface area contributed by atoms with Crippen molar-refractivity contribution < 1.29 is 14.6 Å². The number of anilines is 1. The van der Waals surface area contributed by atoms with E-state index in [1.807, 2.05) is 30.5 Å². The molecule has 4 nitrogen and oxygen atoms in total. The van der Waals surface area contributed by atoms with E-state index >= 15 is 0 Å². The van der Waals surface area contributed by atoms with Gasteiger partial charge in [0.2, 0.25) is 0 Å². The summed E-state index contributed by atoms with van der Waals surface area (Å²) in [5.41, 5.74) is 1.52. The molecule has 7 heteroatoms. The maximum Gasteiger partial charge on any atom is 0.270 e. The van der Waals surface area contributed by atoms with Gasteiger partial charge in [0.15, 0.2) is 15.8 Å². The zero-order valence-corrected chi connectivity index (χ0v) is 16.0. The molecule has 3 rings (SSSR count). The van der Waals surface area contributed by atoms with Gasteiger partial charge < -0.3 is 9.84 Å². The second-order valence-electron chi connectivity index (χ2n) is 5.15. The average Bonchev–Trinajstić information content (AvgIpc) is 2.90. The van der Waals surface area contributed by atoms with Gasteiger partial charge in [-0.1, -0.05) is 36.1 Å². The molecule has 25 heavy (non-hydrogen) atoms. The Morgan fingerprint density at radius 2 is 2.08 bits per heavy atom. The maximum absolute atomic E-state index is 12.8. The van der Waals surface area contributed by atoms with Crippen molar-refractivity contribution in [3.8, 4) is 11.5 Å². The summed E-state index contributed by atoms with van der Waals surface area (Å²) in [7, 11) is 1.48. The van der Waals surface area contributed by atoms with Crippen LogP contribution in [0.2, 0.25) is 0 Å². The number of phenols is 1. The van der Waals surface area contributed by atoms with Crippen LogP contribution >= 0.6 is 35.7 Å². The van der Waals surface area contributed by atoms with Gasteiger partial charge in [-0.05, 0) is 48.2 Å². The van der Waals surface area contributed by atoms with E-state index in [2.05, 4.69) is 0 Å². The predicted molar refractivity (Wildman–Crippen MR) is 109 cm³/mol. The number of ether oxygens (including phenoxy) is 1. The minimum Gasteiger partial charge on any atom is -0.504 e. The Labute approximate surface area is 159 Å². The number of amides is 1. The van der Waals surface area contributed by atoms with Crippen LogP contribution in [0.3, 0.4) is 0 Å². The Hall–Kier alpha value is -1.96. The molecule has 128 valence electrons. The first-order valence-corrected chi connectivity index (χ1v) is 9.77. The van der Waals surface area contributed by atoms with Crippen molar-refractivity contribution in [1.29, 1.82) is 0 Å². The molecule has 1 saturated heterocycles. The number of rotatable bonds is 4. The quantitative estimate of drug-likeness (QED) is 0.471. The van der Waals surface area contributed by atoms with Crippen LogP contribution in [-0.4, -0.2) is 28.7 Å². The summed E-state index contributed by atoms with van der Waals surface area (Å²) in [6.07, 6.45) is 3.74. The fourth-order valence-electron chi connectivity index (χ4n) is 2.38. The van der Waals surface area contributed by atoms with Crippen molar-refractivity contribution in [3.63, 3.8) is 0 Å². The van der Waals surface area contributed by atoms with E-state index in [1.165, 1.54) is 24.9 Å². The highest BCUT2D eigenvalue weighted by molar-refractivity contribution is 8.27. The third-order valence-electron chi connectivity index (χ3n) is 3.61. The number of hydrogen-bond acceptors (Lipinski definition) is 6. The van der Waals surface area contributed by atoms with Gasteiger partial charge in [-0.2, -0.15) is 0 Å². The average molecular weight is 390 g/mol. The van der Waals surface area contributed by atoms with Gasteiger partial charge in [0.25, 0.3) is 5.91 Å². The molecule has 1 aliphatic heterocycles. The lowest BCUT2D eigenvalue weighted by Crippen LogP contribution is -2.27. The number of thioether (sulfide) groups is 2. The van der Waals surface area contributed by atoms with E-state index in [9.17, 15) is 9.90 Å². The number of carbonyl (C=O) groups excluding carboxylic acids is 1. The number of thiocarbonyl (C=S) groups is 1. The summed E-state index contributed by atoms with van der Waals surface area (Å²) >= 11 is 8.27. The van der Waals surface area contributed by atoms with Crippen molar-refractivity contribution in [3.05, 3.63) is 52.9 Å². The zero-order chi connectivity index (χ0) is 18.0. The second kappa shape index (κ2) is 7.51. The molecular formula is C18H15NO3S3. The lowest BCUT2D eigenvalue weighted by atomic mass is 10.2. The lowest BCUT2D eigenvalue weighted by Gasteiger charge is -2.15. The smallest absolute Gasteiger partial charge is 0.270 e. The Balaban J connectivity index is 1.93. The van der Waals surface area contributed by atoms with Gasteiger partial charge >= 0.3 is 0 Å². The Kier molecular flexibility index (Phi) is 5.36. The molecule has 0 aromatic heterocycles. The van der Waals surface area contributed by atoms with Crippen LogP contribution in [0.25, 0.3) is 6.08 Å². The van der Waals surface area contributed by atoms with Crippen molar-refractivity contribution in [2.24, 2.45) is 0 Å². The molecule has 1 aliphatic rings. The maximum atomic E-state index is 12.8. The Bertz CT molecular complexity index is 880. The summed E-state index contributed by atoms with van der Waals surface area (Å²) in [5.74, 6) is 0.262. The summed E-state index contributed by atoms with van der Waals surface area (Å²) in [6.45, 7) is 0. The Morgan fingerprint density at radius 3 is 2.80 bits per heavy atom. The largest absolute Gasteiger partial charge is 0.504 e. The molecular weight excluding hydrogens is 374 g/mol. The first kappa shape index (κ1) is 17.8. The van der Waals surface area contributed by atoms with Crippen LogP contribution < -0.4 is 9.64 Å². The number of carbonyl (C=O) groups is 1. The van der Waals surface area contributed by atoms with Gasteiger partial charge in [0.05, 0.1) is 17.7 Å². The van der Waals surface area contributed by atoms with Gasteiger partial charge in [-0.25, -0.2) is 0 Å². The highest BCUT2D eigenvalue weighted by atomic mass is 32.2. The zero-order valence-electron chi connectivity index (χ0n) is 13.6. The molecule has 0 saturated carbocycles. The monoisotopic (exact) mass is 389 g/mol. The van der Waals surface area contributed by atoms with Gasteiger partial charge in [-0.3, -0.25) is 9.69 Å². The standard InChI is InChI=1S/C18H15NO3S3/c1-22-15-8-11(6-7-14(15)20)9-16-17(21)19(18(23)25-16)12-4-3-5-13(10-12)24-2/h3-10,20H,1-2H3/b16-9+. The van der Waals surface area contributed by atoms with Crippen molar-refractivity contribution in [2.75, 3.05) is 18.3 Å². The van der Waals surface area contributed by atoms with E-state index in [-0.39, 0.29) is 11.7 Å². The summed E-state index contributed by atoms with van der Waals surface area (Å²) < 4.78 is 5.60. The van der Waals surface area contributed by atoms with Crippen LogP contribution in [-0.2, 0) is 4.79 Å². The Morgan fingerprint density at radius 1 is 1.28 bits per heavy atom. The molecule has 0 radical (unpaired) electrons. The van der Waals surface area contributed by atoms with Crippen molar-refractivity contribution in [1.82, 2.24) is 0 Å². The highest BCUT2D eigenvalue weighted by Crippen LogP contribution is 2.37. The van der Waals surface area contributed by atoms with Crippen molar-refractivity contribution >= 4 is 57.7 Å². The number of phenolic OH excluding ortho intramolecular Hbond substituents is 1. The first-order chi connectivity index (χ1) is 12.0. The summed E-state index contributed by atoms with van der Waals surface area (Å²) in [4.78, 5) is 16.0. The van der Waals surface area contributed by atoms with E-state index in [0.29, 0.717) is 15.0 Å². The molecule has 0 aliphatic carbocycles. The van der Waals surface area contributed by atoms with Crippen LogP contribution in [0.15, 0.2) is 52.3 Å².